The van der Waals surface area contributed by atoms with E-state index in [1.54, 1.807) is 0 Å². The smallest absolute Gasteiger partial charge is 0.0680 e. The highest BCUT2D eigenvalue weighted by molar-refractivity contribution is 5.82. The SMILES string of the molecule is Cn1ncc2cc(NC3CCCC3)ccc21. The monoisotopic (exact) mass is 215 g/mol. The molecule has 1 aromatic carbocycles. The summed E-state index contributed by atoms with van der Waals surface area (Å²) >= 11 is 0. The van der Waals surface area contributed by atoms with Crippen LogP contribution in [-0.4, -0.2) is 15.8 Å². The number of anilines is 1. The first-order valence-electron chi connectivity index (χ1n) is 6.01. The molecule has 0 amide bonds. The molecule has 1 N–H and O–H groups in total. The summed E-state index contributed by atoms with van der Waals surface area (Å²) in [5.74, 6) is 0. The number of hydrogen-bond acceptors (Lipinski definition) is 2. The van der Waals surface area contributed by atoms with Gasteiger partial charge in [-0.2, -0.15) is 5.10 Å². The molecule has 3 heteroatoms. The maximum absolute atomic E-state index is 4.26. The van der Waals surface area contributed by atoms with Crippen molar-refractivity contribution < 1.29 is 0 Å². The lowest BCUT2D eigenvalue weighted by atomic mass is 10.2. The number of nitrogens with zero attached hydrogens (tertiary/aromatic N) is 2. The lowest BCUT2D eigenvalue weighted by molar-refractivity contribution is 0.756. The Labute approximate surface area is 95.5 Å². The first kappa shape index (κ1) is 9.70. The third kappa shape index (κ3) is 1.66. The Morgan fingerprint density at radius 1 is 1.31 bits per heavy atom. The van der Waals surface area contributed by atoms with Crippen molar-refractivity contribution in [3.05, 3.63) is 24.4 Å². The number of fused-ring (bicyclic) bond motifs is 1. The summed E-state index contributed by atoms with van der Waals surface area (Å²) in [4.78, 5) is 0. The molecule has 0 bridgehead atoms. The lowest BCUT2D eigenvalue weighted by Crippen LogP contribution is -2.14. The lowest BCUT2D eigenvalue weighted by Gasteiger charge is -2.13. The zero-order valence-corrected chi connectivity index (χ0v) is 9.61. The average molecular weight is 215 g/mol. The predicted octanol–water partition coefficient (Wildman–Crippen LogP) is 2.93. The molecule has 3 nitrogen and oxygen atoms in total. The molecule has 0 radical (unpaired) electrons. The maximum atomic E-state index is 4.26. The molecule has 1 aliphatic carbocycles. The summed E-state index contributed by atoms with van der Waals surface area (Å²) in [5, 5.41) is 9.08. The van der Waals surface area contributed by atoms with E-state index < -0.39 is 0 Å². The van der Waals surface area contributed by atoms with Crippen LogP contribution in [0.2, 0.25) is 0 Å². The number of nitrogens with one attached hydrogen (secondary N) is 1. The van der Waals surface area contributed by atoms with Crippen molar-refractivity contribution in [3.8, 4) is 0 Å². The predicted molar refractivity (Wildman–Crippen MR) is 66.6 cm³/mol. The van der Waals surface area contributed by atoms with Gasteiger partial charge in [-0.3, -0.25) is 4.68 Å². The van der Waals surface area contributed by atoms with Gasteiger partial charge in [0, 0.05) is 24.2 Å². The van der Waals surface area contributed by atoms with Gasteiger partial charge in [-0.25, -0.2) is 0 Å². The number of aromatic nitrogens is 2. The van der Waals surface area contributed by atoms with Gasteiger partial charge in [-0.05, 0) is 31.0 Å². The van der Waals surface area contributed by atoms with E-state index in [1.807, 2.05) is 17.9 Å². The minimum Gasteiger partial charge on any atom is -0.382 e. The van der Waals surface area contributed by atoms with Gasteiger partial charge in [-0.15, -0.1) is 0 Å². The van der Waals surface area contributed by atoms with Crippen molar-refractivity contribution in [3.63, 3.8) is 0 Å². The highest BCUT2D eigenvalue weighted by atomic mass is 15.2. The van der Waals surface area contributed by atoms with Crippen LogP contribution < -0.4 is 5.32 Å². The van der Waals surface area contributed by atoms with Gasteiger partial charge in [0.05, 0.1) is 11.7 Å². The third-order valence-corrected chi connectivity index (χ3v) is 3.47. The van der Waals surface area contributed by atoms with Crippen LogP contribution in [0.3, 0.4) is 0 Å². The first-order chi connectivity index (χ1) is 7.83. The molecule has 1 aromatic heterocycles. The Morgan fingerprint density at radius 2 is 2.12 bits per heavy atom. The van der Waals surface area contributed by atoms with Gasteiger partial charge >= 0.3 is 0 Å². The van der Waals surface area contributed by atoms with Crippen LogP contribution in [0, 0.1) is 0 Å². The van der Waals surface area contributed by atoms with Crippen LogP contribution in [0.1, 0.15) is 25.7 Å². The number of benzene rings is 1. The van der Waals surface area contributed by atoms with Gasteiger partial charge in [0.15, 0.2) is 0 Å². The number of aryl methyl sites for hydroxylation is 1. The summed E-state index contributed by atoms with van der Waals surface area (Å²) in [6.45, 7) is 0. The second-order valence-corrected chi connectivity index (χ2v) is 4.67. The van der Waals surface area contributed by atoms with Gasteiger partial charge < -0.3 is 5.32 Å². The van der Waals surface area contributed by atoms with Crippen LogP contribution in [0.4, 0.5) is 5.69 Å². The van der Waals surface area contributed by atoms with Gasteiger partial charge in [0.2, 0.25) is 0 Å². The molecule has 3 rings (SSSR count). The van der Waals surface area contributed by atoms with Crippen molar-refractivity contribution in [2.45, 2.75) is 31.7 Å². The highest BCUT2D eigenvalue weighted by Crippen LogP contribution is 2.24. The molecule has 1 fully saturated rings. The molecule has 0 spiro atoms. The van der Waals surface area contributed by atoms with E-state index in [0.717, 1.165) is 0 Å². The van der Waals surface area contributed by atoms with Crippen molar-refractivity contribution in [2.24, 2.45) is 7.05 Å². The van der Waals surface area contributed by atoms with E-state index in [0.29, 0.717) is 6.04 Å². The average Bonchev–Trinajstić information content (AvgIpc) is 2.90. The maximum Gasteiger partial charge on any atom is 0.0680 e. The van der Waals surface area contributed by atoms with Crippen molar-refractivity contribution in [2.75, 3.05) is 5.32 Å². The summed E-state index contributed by atoms with van der Waals surface area (Å²) in [6, 6.07) is 7.16. The molecule has 2 aromatic rings. The van der Waals surface area contributed by atoms with E-state index in [1.165, 1.54) is 42.3 Å². The Balaban J connectivity index is 1.87. The molecule has 0 saturated heterocycles. The Kier molecular flexibility index (Phi) is 2.31. The summed E-state index contributed by atoms with van der Waals surface area (Å²) < 4.78 is 1.91. The molecule has 0 atom stereocenters. The first-order valence-corrected chi connectivity index (χ1v) is 6.01. The molecule has 1 saturated carbocycles. The zero-order chi connectivity index (χ0) is 11.0. The topological polar surface area (TPSA) is 29.9 Å². The fourth-order valence-corrected chi connectivity index (χ4v) is 2.56. The van der Waals surface area contributed by atoms with Crippen LogP contribution in [0.25, 0.3) is 10.9 Å². The van der Waals surface area contributed by atoms with Crippen molar-refractivity contribution in [1.29, 1.82) is 0 Å². The standard InChI is InChI=1S/C13H17N3/c1-16-13-7-6-12(8-10(13)9-14-16)15-11-4-2-3-5-11/h6-9,11,15H,2-5H2,1H3. The fraction of sp³-hybridized carbons (Fsp3) is 0.462. The highest BCUT2D eigenvalue weighted by Gasteiger charge is 2.14. The van der Waals surface area contributed by atoms with Crippen molar-refractivity contribution in [1.82, 2.24) is 9.78 Å². The summed E-state index contributed by atoms with van der Waals surface area (Å²) in [7, 11) is 1.98. The van der Waals surface area contributed by atoms with Crippen LogP contribution in [0.15, 0.2) is 24.4 Å². The van der Waals surface area contributed by atoms with Crippen LogP contribution >= 0.6 is 0 Å². The van der Waals surface area contributed by atoms with Crippen molar-refractivity contribution >= 4 is 16.6 Å². The number of hydrogen-bond donors (Lipinski definition) is 1. The van der Waals surface area contributed by atoms with Crippen LogP contribution in [0.5, 0.6) is 0 Å². The normalized spacial score (nSPS) is 17.1. The minimum atomic E-state index is 0.675. The summed E-state index contributed by atoms with van der Waals surface area (Å²) in [5.41, 5.74) is 2.42. The van der Waals surface area contributed by atoms with Gasteiger partial charge in [0.1, 0.15) is 0 Å². The second kappa shape index (κ2) is 3.81. The Hall–Kier alpha value is -1.51. The van der Waals surface area contributed by atoms with Gasteiger partial charge in [0.25, 0.3) is 0 Å². The Morgan fingerprint density at radius 3 is 2.94 bits per heavy atom. The minimum absolute atomic E-state index is 0.675. The molecule has 84 valence electrons. The van der Waals surface area contributed by atoms with E-state index >= 15 is 0 Å². The molecule has 1 aliphatic rings. The molecular weight excluding hydrogens is 198 g/mol. The molecule has 0 unspecified atom stereocenters. The largest absolute Gasteiger partial charge is 0.382 e. The van der Waals surface area contributed by atoms with E-state index in [2.05, 4.69) is 28.6 Å². The molecule has 1 heterocycles. The Bertz CT molecular complexity index is 495. The van der Waals surface area contributed by atoms with E-state index in [-0.39, 0.29) is 0 Å². The second-order valence-electron chi connectivity index (χ2n) is 4.67. The third-order valence-electron chi connectivity index (χ3n) is 3.47. The van der Waals surface area contributed by atoms with E-state index in [4.69, 9.17) is 0 Å². The molecule has 16 heavy (non-hydrogen) atoms. The summed E-state index contributed by atoms with van der Waals surface area (Å²) in [6.07, 6.45) is 7.28. The molecule has 0 aliphatic heterocycles. The van der Waals surface area contributed by atoms with Crippen LogP contribution in [-0.2, 0) is 7.05 Å². The van der Waals surface area contributed by atoms with Gasteiger partial charge in [-0.1, -0.05) is 12.8 Å². The fourth-order valence-electron chi connectivity index (χ4n) is 2.56. The van der Waals surface area contributed by atoms with E-state index in [9.17, 15) is 0 Å². The zero-order valence-electron chi connectivity index (χ0n) is 9.61. The molecular formula is C13H17N3. The quantitative estimate of drug-likeness (QED) is 0.834. The number of rotatable bonds is 2.